The first-order valence-electron chi connectivity index (χ1n) is 25.1. The van der Waals surface area contributed by atoms with E-state index in [-0.39, 0.29) is 37.1 Å². The average Bonchev–Trinajstić information content (AvgIpc) is 3.28. The summed E-state index contributed by atoms with van der Waals surface area (Å²) in [6.45, 7) is 2.78. The molecule has 0 radical (unpaired) electrons. The van der Waals surface area contributed by atoms with Crippen molar-refractivity contribution in [2.45, 2.75) is 219 Å². The van der Waals surface area contributed by atoms with Crippen molar-refractivity contribution in [3.05, 3.63) is 11.5 Å². The maximum atomic E-state index is 12.8. The molecule has 17 heteroatoms. The van der Waals surface area contributed by atoms with Gasteiger partial charge in [-0.1, -0.05) is 168 Å². The second kappa shape index (κ2) is 44.7. The van der Waals surface area contributed by atoms with Crippen molar-refractivity contribution in [2.75, 3.05) is 32.0 Å². The number of unbranched alkanes of at least 4 members (excludes halogenated alkanes) is 24. The van der Waals surface area contributed by atoms with Crippen molar-refractivity contribution in [3.63, 3.8) is 0 Å². The summed E-state index contributed by atoms with van der Waals surface area (Å²) in [5.41, 5.74) is 0. The van der Waals surface area contributed by atoms with Crippen LogP contribution in [-0.4, -0.2) is 102 Å². The predicted octanol–water partition coefficient (Wildman–Crippen LogP) is 8.43. The van der Waals surface area contributed by atoms with Crippen LogP contribution in [0.5, 0.6) is 0 Å². The third kappa shape index (κ3) is 42.5. The zero-order valence-corrected chi connectivity index (χ0v) is 41.3. The molecule has 0 aliphatic heterocycles. The quantitative estimate of drug-likeness (QED) is 0.0191. The van der Waals surface area contributed by atoms with Gasteiger partial charge in [-0.2, -0.15) is 0 Å². The molecule has 16 nitrogen and oxygen atoms in total. The number of rotatable bonds is 46. The minimum atomic E-state index is -1.45. The Labute approximate surface area is 399 Å². The highest BCUT2D eigenvalue weighted by Crippen LogP contribution is 2.16. The molecule has 0 aliphatic rings. The van der Waals surface area contributed by atoms with Crippen LogP contribution in [0.15, 0.2) is 11.5 Å². The van der Waals surface area contributed by atoms with Crippen molar-refractivity contribution < 1.29 is 58.0 Å². The van der Waals surface area contributed by atoms with Crippen molar-refractivity contribution in [1.29, 1.82) is 0 Å². The highest BCUT2D eigenvalue weighted by Gasteiger charge is 2.21. The van der Waals surface area contributed by atoms with Crippen LogP contribution in [0, 0.1) is 0 Å². The fraction of sp³-hybridized carbons (Fsp3) is 0.796. The monoisotopic (exact) mass is 955 g/mol. The Hall–Kier alpha value is -4.15. The Balaban J connectivity index is 4.67. The molecule has 1 unspecified atom stereocenters. The maximum Gasteiger partial charge on any atom is 0.326 e. The molecule has 0 aromatic heterocycles. The largest absolute Gasteiger partial charge is 0.481 e. The van der Waals surface area contributed by atoms with Crippen LogP contribution in [0.1, 0.15) is 206 Å². The Bertz CT molecular complexity index is 1380. The van der Waals surface area contributed by atoms with Crippen LogP contribution in [-0.2, 0) is 47.8 Å². The number of thioether (sulfide) groups is 1. The van der Waals surface area contributed by atoms with Gasteiger partial charge in [-0.25, -0.2) is 4.79 Å². The summed E-state index contributed by atoms with van der Waals surface area (Å²) in [5, 5.41) is 28.3. The van der Waals surface area contributed by atoms with Gasteiger partial charge in [0.2, 0.25) is 23.6 Å². The molecule has 4 amide bonds. The van der Waals surface area contributed by atoms with Gasteiger partial charge in [-0.05, 0) is 24.7 Å². The molecular weight excluding hydrogens is 869 g/mol. The number of ether oxygens (including phenoxy) is 2. The van der Waals surface area contributed by atoms with Crippen LogP contribution in [0.3, 0.4) is 0 Å². The number of carboxylic acids is 2. The van der Waals surface area contributed by atoms with E-state index in [0.717, 1.165) is 44.9 Å². The topological polar surface area (TPSA) is 244 Å². The van der Waals surface area contributed by atoms with Gasteiger partial charge in [0, 0.05) is 31.1 Å². The van der Waals surface area contributed by atoms with E-state index in [1.54, 1.807) is 0 Å². The Morgan fingerprint density at radius 2 is 0.924 bits per heavy atom. The molecule has 0 saturated carbocycles. The maximum absolute atomic E-state index is 12.8. The normalized spacial score (nSPS) is 12.0. The van der Waals surface area contributed by atoms with Crippen LogP contribution in [0.2, 0.25) is 0 Å². The number of carboxylic acid groups (broad SMARTS) is 2. The Morgan fingerprint density at radius 1 is 0.515 bits per heavy atom. The van der Waals surface area contributed by atoms with E-state index in [1.807, 2.05) is 0 Å². The molecule has 0 bridgehead atoms. The highest BCUT2D eigenvalue weighted by atomic mass is 32.2. The molecule has 2 atom stereocenters. The van der Waals surface area contributed by atoms with Gasteiger partial charge in [0.05, 0.1) is 19.6 Å². The van der Waals surface area contributed by atoms with E-state index in [4.69, 9.17) is 19.7 Å². The molecule has 0 fully saturated rings. The zero-order valence-electron chi connectivity index (χ0n) is 40.4. The van der Waals surface area contributed by atoms with Crippen molar-refractivity contribution in [2.24, 2.45) is 0 Å². The lowest BCUT2D eigenvalue weighted by molar-refractivity contribution is -0.157. The first-order valence-corrected chi connectivity index (χ1v) is 26.1. The standard InChI is InChI=1S/C49H86N4O12S/c1-3-5-7-9-11-13-15-17-19-21-23-25-27-29-47(60)64-38-40(65-48(61)30-28-26-24-22-20-18-16-14-12-10-8-6-4-2)39-66-34-33-42(54)50-35-43(55)51-36-44(56)52-37-45(57)53-41(49(62)63)31-32-46(58)59/h33-34,40-41H,3-32,35-39H2,1-2H3,(H,50,54)(H,51,55)(H,52,56)(H,53,57)(H,58,59)(H,62,63)/t40?,41-/m0/s1. The predicted molar refractivity (Wildman–Crippen MR) is 259 cm³/mol. The molecule has 0 spiro atoms. The number of carbonyl (C=O) groups is 8. The summed E-state index contributed by atoms with van der Waals surface area (Å²) in [5.74, 6) is -6.04. The molecule has 0 rings (SSSR count). The number of amides is 4. The van der Waals surface area contributed by atoms with Crippen LogP contribution in [0.25, 0.3) is 0 Å². The molecule has 0 saturated heterocycles. The van der Waals surface area contributed by atoms with Crippen LogP contribution < -0.4 is 21.3 Å². The Morgan fingerprint density at radius 3 is 1.36 bits per heavy atom. The third-order valence-electron chi connectivity index (χ3n) is 10.9. The van der Waals surface area contributed by atoms with E-state index in [2.05, 4.69) is 35.1 Å². The smallest absolute Gasteiger partial charge is 0.326 e. The summed E-state index contributed by atoms with van der Waals surface area (Å²) in [7, 11) is 0. The minimum absolute atomic E-state index is 0.0945. The molecule has 66 heavy (non-hydrogen) atoms. The number of nitrogens with one attached hydrogen (secondary N) is 4. The lowest BCUT2D eigenvalue weighted by atomic mass is 10.0. The van der Waals surface area contributed by atoms with Crippen molar-refractivity contribution in [1.82, 2.24) is 21.3 Å². The van der Waals surface area contributed by atoms with Crippen molar-refractivity contribution >= 4 is 59.3 Å². The van der Waals surface area contributed by atoms with Gasteiger partial charge in [0.1, 0.15) is 18.8 Å². The molecule has 6 N–H and O–H groups in total. The summed E-state index contributed by atoms with van der Waals surface area (Å²) in [6, 6.07) is -1.45. The summed E-state index contributed by atoms with van der Waals surface area (Å²) in [6.07, 6.45) is 31.5. The summed E-state index contributed by atoms with van der Waals surface area (Å²) in [4.78, 5) is 95.8. The lowest BCUT2D eigenvalue weighted by Gasteiger charge is -2.17. The fourth-order valence-corrected chi connectivity index (χ4v) is 7.66. The minimum Gasteiger partial charge on any atom is -0.481 e. The van der Waals surface area contributed by atoms with E-state index in [1.165, 1.54) is 145 Å². The second-order valence-corrected chi connectivity index (χ2v) is 18.0. The van der Waals surface area contributed by atoms with Gasteiger partial charge in [-0.3, -0.25) is 33.6 Å². The molecule has 0 aromatic rings. The average molecular weight is 955 g/mol. The van der Waals surface area contributed by atoms with Gasteiger partial charge >= 0.3 is 23.9 Å². The highest BCUT2D eigenvalue weighted by molar-refractivity contribution is 8.02. The number of esters is 2. The summed E-state index contributed by atoms with van der Waals surface area (Å²) >= 11 is 1.18. The first kappa shape index (κ1) is 61.9. The number of aliphatic carboxylic acids is 2. The molecular formula is C49H86N4O12S. The second-order valence-electron chi connectivity index (χ2n) is 17.1. The molecule has 0 heterocycles. The van der Waals surface area contributed by atoms with Crippen molar-refractivity contribution in [3.8, 4) is 0 Å². The van der Waals surface area contributed by atoms with E-state index in [9.17, 15) is 38.4 Å². The van der Waals surface area contributed by atoms with Gasteiger partial charge in [0.15, 0.2) is 0 Å². The van der Waals surface area contributed by atoms with Gasteiger partial charge in [-0.15, -0.1) is 11.8 Å². The zero-order chi connectivity index (χ0) is 48.9. The lowest BCUT2D eigenvalue weighted by Crippen LogP contribution is -2.47. The third-order valence-corrected chi connectivity index (χ3v) is 11.8. The number of hydrogen-bond donors (Lipinski definition) is 6. The van der Waals surface area contributed by atoms with E-state index in [0.29, 0.717) is 6.42 Å². The van der Waals surface area contributed by atoms with Crippen LogP contribution >= 0.6 is 11.8 Å². The number of hydrogen-bond acceptors (Lipinski definition) is 11. The first-order chi connectivity index (χ1) is 31.9. The Kier molecular flexibility index (Phi) is 41.9. The molecule has 380 valence electrons. The van der Waals surface area contributed by atoms with Crippen LogP contribution in [0.4, 0.5) is 0 Å². The van der Waals surface area contributed by atoms with Gasteiger partial charge < -0.3 is 41.0 Å². The van der Waals surface area contributed by atoms with E-state index < -0.39 is 73.8 Å². The summed E-state index contributed by atoms with van der Waals surface area (Å²) < 4.78 is 11.2. The van der Waals surface area contributed by atoms with E-state index >= 15 is 0 Å². The fourth-order valence-electron chi connectivity index (χ4n) is 6.95. The number of carbonyl (C=O) groups excluding carboxylic acids is 6. The molecule has 0 aromatic carbocycles. The van der Waals surface area contributed by atoms with Gasteiger partial charge in [0.25, 0.3) is 0 Å². The molecule has 0 aliphatic carbocycles. The SMILES string of the molecule is CCCCCCCCCCCCCCCC(=O)OCC(CSC=CC(=O)NCC(=O)NCC(=O)NCC(=O)N[C@@H](CCC(=O)O)C(=O)O)OC(=O)CCCCCCCCCCCCCCC.